The van der Waals surface area contributed by atoms with Gasteiger partial charge >= 0.3 is 5.97 Å². The van der Waals surface area contributed by atoms with Crippen molar-refractivity contribution >= 4 is 5.97 Å². The number of nitrogens with zero attached hydrogens (tertiary/aromatic N) is 3. The normalized spacial score (nSPS) is 20.2. The van der Waals surface area contributed by atoms with E-state index in [-0.39, 0.29) is 12.6 Å². The maximum absolute atomic E-state index is 12.3. The number of hydrogen-bond acceptors (Lipinski definition) is 5. The molecule has 1 aliphatic heterocycles. The van der Waals surface area contributed by atoms with E-state index >= 15 is 0 Å². The molecule has 1 aliphatic rings. The van der Waals surface area contributed by atoms with Gasteiger partial charge in [0.25, 0.3) is 0 Å². The highest BCUT2D eigenvalue weighted by Gasteiger charge is 2.44. The number of azide groups is 1. The Morgan fingerprint density at radius 3 is 3.14 bits per heavy atom. The molecule has 0 bridgehead atoms. The summed E-state index contributed by atoms with van der Waals surface area (Å²) >= 11 is 0. The van der Waals surface area contributed by atoms with E-state index in [4.69, 9.17) is 15.0 Å². The molecule has 0 saturated carbocycles. The van der Waals surface area contributed by atoms with Crippen molar-refractivity contribution in [3.63, 3.8) is 0 Å². The molecule has 21 heavy (non-hydrogen) atoms. The zero-order valence-electron chi connectivity index (χ0n) is 11.9. The van der Waals surface area contributed by atoms with Crippen molar-refractivity contribution in [3.05, 3.63) is 45.8 Å². The van der Waals surface area contributed by atoms with Crippen molar-refractivity contribution in [1.82, 2.24) is 5.32 Å². The molecule has 1 heterocycles. The predicted octanol–water partition coefficient (Wildman–Crippen LogP) is 1.88. The topological polar surface area (TPSA) is 96.3 Å². The maximum Gasteiger partial charge on any atom is 0.333 e. The monoisotopic (exact) mass is 290 g/mol. The summed E-state index contributed by atoms with van der Waals surface area (Å²) in [6, 6.07) is 7.66. The number of ether oxygens (including phenoxy) is 2. The Kier molecular flexibility index (Phi) is 5.16. The molecule has 0 aliphatic carbocycles. The largest absolute Gasteiger partial charge is 0.467 e. The molecule has 0 amide bonds. The second-order valence-electron chi connectivity index (χ2n) is 4.78. The molecule has 0 spiro atoms. The fourth-order valence-electron chi connectivity index (χ4n) is 2.51. The highest BCUT2D eigenvalue weighted by Crippen LogP contribution is 2.31. The lowest BCUT2D eigenvalue weighted by Gasteiger charge is -2.37. The molecular weight excluding hydrogens is 272 g/mol. The zero-order valence-corrected chi connectivity index (χ0v) is 11.9. The van der Waals surface area contributed by atoms with Crippen molar-refractivity contribution in [2.24, 2.45) is 5.11 Å². The smallest absolute Gasteiger partial charge is 0.333 e. The Bertz CT molecular complexity index is 557. The van der Waals surface area contributed by atoms with E-state index < -0.39 is 5.54 Å². The quantitative estimate of drug-likeness (QED) is 0.284. The van der Waals surface area contributed by atoms with E-state index in [0.29, 0.717) is 26.1 Å². The zero-order chi connectivity index (χ0) is 15.1. The van der Waals surface area contributed by atoms with Crippen LogP contribution in [0.15, 0.2) is 29.4 Å². The summed E-state index contributed by atoms with van der Waals surface area (Å²) in [7, 11) is 1.36. The lowest BCUT2D eigenvalue weighted by molar-refractivity contribution is -0.153. The average Bonchev–Trinajstić information content (AvgIpc) is 2.54. The first-order valence-electron chi connectivity index (χ1n) is 6.75. The lowest BCUT2D eigenvalue weighted by atomic mass is 9.85. The molecule has 112 valence electrons. The van der Waals surface area contributed by atoms with Gasteiger partial charge in [-0.1, -0.05) is 29.4 Å². The Hall–Kier alpha value is -2.08. The van der Waals surface area contributed by atoms with Gasteiger partial charge in [-0.05, 0) is 29.6 Å². The fraction of sp³-hybridized carbons (Fsp3) is 0.500. The van der Waals surface area contributed by atoms with E-state index in [0.717, 1.165) is 11.1 Å². The van der Waals surface area contributed by atoms with Crippen LogP contribution in [0.1, 0.15) is 17.5 Å². The molecule has 7 heteroatoms. The molecule has 1 atom stereocenters. The lowest BCUT2D eigenvalue weighted by Crippen LogP contribution is -2.55. The van der Waals surface area contributed by atoms with Crippen LogP contribution in [0.5, 0.6) is 0 Å². The minimum Gasteiger partial charge on any atom is -0.467 e. The third-order valence-corrected chi connectivity index (χ3v) is 3.51. The first-order valence-corrected chi connectivity index (χ1v) is 6.75. The molecule has 2 rings (SSSR count). The van der Waals surface area contributed by atoms with Gasteiger partial charge in [0.1, 0.15) is 0 Å². The van der Waals surface area contributed by atoms with Crippen molar-refractivity contribution in [2.45, 2.75) is 18.6 Å². The number of rotatable bonds is 6. The molecule has 7 nitrogen and oxygen atoms in total. The minimum absolute atomic E-state index is 0.220. The summed E-state index contributed by atoms with van der Waals surface area (Å²) in [4.78, 5) is 15.0. The van der Waals surface area contributed by atoms with Gasteiger partial charge in [-0.2, -0.15) is 0 Å². The molecular formula is C14H18N4O3. The predicted molar refractivity (Wildman–Crippen MR) is 76.4 cm³/mol. The van der Waals surface area contributed by atoms with Crippen LogP contribution in [-0.2, 0) is 26.4 Å². The van der Waals surface area contributed by atoms with Crippen LogP contribution in [0.4, 0.5) is 0 Å². The standard InChI is InChI=1S/C14H18N4O3/c1-20-13(19)14(16-7-4-8-17-18-15)10-21-9-11-5-2-3-6-12(11)14/h2-3,5-6,16H,4,7-10H2,1H3. The first kappa shape index (κ1) is 15.3. The highest BCUT2D eigenvalue weighted by atomic mass is 16.5. The summed E-state index contributed by atoms with van der Waals surface area (Å²) in [6.45, 7) is 1.60. The summed E-state index contributed by atoms with van der Waals surface area (Å²) < 4.78 is 10.5. The van der Waals surface area contributed by atoms with E-state index in [9.17, 15) is 4.79 Å². The Morgan fingerprint density at radius 1 is 1.57 bits per heavy atom. The Morgan fingerprint density at radius 2 is 2.38 bits per heavy atom. The number of fused-ring (bicyclic) bond motifs is 1. The van der Waals surface area contributed by atoms with Crippen LogP contribution in [0.2, 0.25) is 0 Å². The molecule has 0 aromatic heterocycles. The van der Waals surface area contributed by atoms with Crippen LogP contribution < -0.4 is 5.32 Å². The van der Waals surface area contributed by atoms with Gasteiger partial charge in [0, 0.05) is 11.5 Å². The molecule has 1 aromatic carbocycles. The molecule has 1 aromatic rings. The number of benzene rings is 1. The summed E-state index contributed by atoms with van der Waals surface area (Å²) in [5, 5.41) is 6.70. The Labute approximate surface area is 122 Å². The minimum atomic E-state index is -1.00. The molecule has 0 fully saturated rings. The number of methoxy groups -OCH3 is 1. The maximum atomic E-state index is 12.3. The van der Waals surface area contributed by atoms with Crippen molar-refractivity contribution < 1.29 is 14.3 Å². The van der Waals surface area contributed by atoms with E-state index in [1.807, 2.05) is 24.3 Å². The van der Waals surface area contributed by atoms with Crippen LogP contribution in [0.25, 0.3) is 10.4 Å². The van der Waals surface area contributed by atoms with Crippen LogP contribution in [0, 0.1) is 0 Å². The van der Waals surface area contributed by atoms with E-state index in [1.54, 1.807) is 0 Å². The van der Waals surface area contributed by atoms with Gasteiger partial charge in [0.05, 0.1) is 20.3 Å². The van der Waals surface area contributed by atoms with Gasteiger partial charge in [-0.3, -0.25) is 5.32 Å². The van der Waals surface area contributed by atoms with Gasteiger partial charge in [0.15, 0.2) is 5.54 Å². The summed E-state index contributed by atoms with van der Waals surface area (Å²) in [5.74, 6) is -0.376. The second kappa shape index (κ2) is 7.08. The van der Waals surface area contributed by atoms with E-state index in [2.05, 4.69) is 15.3 Å². The molecule has 0 radical (unpaired) electrons. The van der Waals surface area contributed by atoms with Gasteiger partial charge < -0.3 is 9.47 Å². The average molecular weight is 290 g/mol. The Balaban J connectivity index is 2.22. The number of carbonyl (C=O) groups excluding carboxylic acids is 1. The van der Waals surface area contributed by atoms with E-state index in [1.165, 1.54) is 7.11 Å². The second-order valence-corrected chi connectivity index (χ2v) is 4.78. The van der Waals surface area contributed by atoms with Crippen LogP contribution in [0.3, 0.4) is 0 Å². The highest BCUT2D eigenvalue weighted by molar-refractivity contribution is 5.83. The summed E-state index contributed by atoms with van der Waals surface area (Å²) in [6.07, 6.45) is 0.630. The fourth-order valence-corrected chi connectivity index (χ4v) is 2.51. The SMILES string of the molecule is COC(=O)C1(NCCCN=[N+]=[N-])COCc2ccccc21. The van der Waals surface area contributed by atoms with Crippen molar-refractivity contribution in [3.8, 4) is 0 Å². The third-order valence-electron chi connectivity index (χ3n) is 3.51. The molecule has 0 saturated heterocycles. The van der Waals surface area contributed by atoms with Crippen molar-refractivity contribution in [1.29, 1.82) is 0 Å². The van der Waals surface area contributed by atoms with Gasteiger partial charge in [-0.15, -0.1) is 0 Å². The number of carbonyl (C=O) groups is 1. The molecule has 1 unspecified atom stereocenters. The molecule has 1 N–H and O–H groups in total. The van der Waals surface area contributed by atoms with Gasteiger partial charge in [0.2, 0.25) is 0 Å². The van der Waals surface area contributed by atoms with Gasteiger partial charge in [-0.25, -0.2) is 4.79 Å². The van der Waals surface area contributed by atoms with Crippen LogP contribution >= 0.6 is 0 Å². The van der Waals surface area contributed by atoms with Crippen LogP contribution in [-0.4, -0.2) is 32.8 Å². The first-order chi connectivity index (χ1) is 10.2. The number of esters is 1. The van der Waals surface area contributed by atoms with Crippen molar-refractivity contribution in [2.75, 3.05) is 26.8 Å². The summed E-state index contributed by atoms with van der Waals surface area (Å²) in [5.41, 5.74) is 9.12. The number of hydrogen-bond donors (Lipinski definition) is 1. The third kappa shape index (κ3) is 3.16. The number of nitrogens with one attached hydrogen (secondary N) is 1.